The van der Waals surface area contributed by atoms with Gasteiger partial charge in [-0.05, 0) is 6.42 Å². The first kappa shape index (κ1) is 18.7. The fourth-order valence-electron chi connectivity index (χ4n) is 0.560. The Morgan fingerprint density at radius 3 is 1.67 bits per heavy atom. The molecular weight excluding hydrogens is 191 g/mol. The van der Waals surface area contributed by atoms with Crippen LogP contribution in [0.25, 0.3) is 0 Å². The summed E-state index contributed by atoms with van der Waals surface area (Å²) in [6, 6.07) is 0. The van der Waals surface area contributed by atoms with Gasteiger partial charge < -0.3 is 20.8 Å². The molecule has 0 atom stereocenters. The van der Waals surface area contributed by atoms with Crippen LogP contribution in [0.3, 0.4) is 0 Å². The molecule has 0 aliphatic heterocycles. The zero-order valence-corrected chi connectivity index (χ0v) is 10.4. The summed E-state index contributed by atoms with van der Waals surface area (Å²) in [5, 5.41) is 25.7. The van der Waals surface area contributed by atoms with Gasteiger partial charge in [0, 0.05) is 0 Å². The minimum Gasteiger partial charge on any atom is -0.870 e. The smallest absolute Gasteiger partial charge is 0.870 e. The van der Waals surface area contributed by atoms with Gasteiger partial charge in [-0.3, -0.25) is 4.79 Å². The number of aliphatic carboxylic acids is 1. The van der Waals surface area contributed by atoms with E-state index in [0.717, 1.165) is 0 Å². The molecular formula is C6H13KO5. The number of hydrogen-bond acceptors (Lipinski definition) is 4. The van der Waals surface area contributed by atoms with E-state index in [1.165, 1.54) is 0 Å². The second kappa shape index (κ2) is 8.58. The van der Waals surface area contributed by atoms with Crippen LogP contribution in [-0.4, -0.2) is 40.0 Å². The van der Waals surface area contributed by atoms with Crippen molar-refractivity contribution in [1.29, 1.82) is 0 Å². The first-order valence-corrected chi connectivity index (χ1v) is 3.08. The minimum atomic E-state index is -1.35. The molecule has 12 heavy (non-hydrogen) atoms. The maximum atomic E-state index is 10.4. The molecule has 5 nitrogen and oxygen atoms in total. The molecule has 0 unspecified atom stereocenters. The maximum absolute atomic E-state index is 10.4. The third-order valence-electron chi connectivity index (χ3n) is 1.74. The molecule has 0 fully saturated rings. The van der Waals surface area contributed by atoms with Crippen LogP contribution in [0.1, 0.15) is 13.3 Å². The summed E-state index contributed by atoms with van der Waals surface area (Å²) in [7, 11) is 0. The Morgan fingerprint density at radius 1 is 1.33 bits per heavy atom. The van der Waals surface area contributed by atoms with Crippen molar-refractivity contribution in [2.24, 2.45) is 5.41 Å². The van der Waals surface area contributed by atoms with Gasteiger partial charge in [-0.15, -0.1) is 0 Å². The van der Waals surface area contributed by atoms with Crippen LogP contribution in [0.4, 0.5) is 0 Å². The molecule has 0 bridgehead atoms. The van der Waals surface area contributed by atoms with Crippen LogP contribution < -0.4 is 51.4 Å². The summed E-state index contributed by atoms with van der Waals surface area (Å²) in [6.07, 6.45) is 0.231. The van der Waals surface area contributed by atoms with E-state index in [2.05, 4.69) is 0 Å². The fourth-order valence-corrected chi connectivity index (χ4v) is 0.560. The van der Waals surface area contributed by atoms with Crippen LogP contribution in [0.15, 0.2) is 0 Å². The average molecular weight is 204 g/mol. The van der Waals surface area contributed by atoms with Crippen molar-refractivity contribution < 1.29 is 77.0 Å². The third kappa shape index (κ3) is 4.29. The Morgan fingerprint density at radius 2 is 1.67 bits per heavy atom. The molecule has 0 rings (SSSR count). The summed E-state index contributed by atoms with van der Waals surface area (Å²) >= 11 is 0. The molecule has 0 aliphatic carbocycles. The van der Waals surface area contributed by atoms with E-state index in [4.69, 9.17) is 15.3 Å². The molecule has 0 aliphatic rings. The van der Waals surface area contributed by atoms with Crippen molar-refractivity contribution in [3.63, 3.8) is 0 Å². The van der Waals surface area contributed by atoms with E-state index in [-0.39, 0.29) is 63.3 Å². The molecule has 0 aromatic rings. The summed E-state index contributed by atoms with van der Waals surface area (Å²) in [5.41, 5.74) is -1.35. The Kier molecular flexibility index (Phi) is 13.4. The number of carbonyl (C=O) groups is 1. The zero-order valence-electron chi connectivity index (χ0n) is 7.32. The van der Waals surface area contributed by atoms with Gasteiger partial charge in [0.15, 0.2) is 0 Å². The van der Waals surface area contributed by atoms with Crippen LogP contribution in [0, 0.1) is 5.41 Å². The van der Waals surface area contributed by atoms with E-state index in [0.29, 0.717) is 0 Å². The Hall–Kier alpha value is 0.986. The second-order valence-corrected chi connectivity index (χ2v) is 2.26. The van der Waals surface area contributed by atoms with Gasteiger partial charge in [-0.25, -0.2) is 0 Å². The van der Waals surface area contributed by atoms with Crippen LogP contribution >= 0.6 is 0 Å². The van der Waals surface area contributed by atoms with E-state index in [1.807, 2.05) is 0 Å². The van der Waals surface area contributed by atoms with E-state index in [9.17, 15) is 4.79 Å². The topological polar surface area (TPSA) is 108 Å². The molecule has 0 amide bonds. The largest absolute Gasteiger partial charge is 1.00 e. The minimum absolute atomic E-state index is 0. The van der Waals surface area contributed by atoms with E-state index in [1.54, 1.807) is 6.92 Å². The van der Waals surface area contributed by atoms with E-state index < -0.39 is 24.6 Å². The Balaban J connectivity index is -0.000000405. The molecule has 0 radical (unpaired) electrons. The van der Waals surface area contributed by atoms with Crippen LogP contribution in [0.2, 0.25) is 0 Å². The molecule has 0 saturated heterocycles. The molecule has 0 heterocycles. The van der Waals surface area contributed by atoms with Gasteiger partial charge in [0.25, 0.3) is 0 Å². The van der Waals surface area contributed by atoms with Gasteiger partial charge in [-0.1, -0.05) is 6.92 Å². The summed E-state index contributed by atoms with van der Waals surface area (Å²) in [4.78, 5) is 10.4. The zero-order chi connectivity index (χ0) is 8.20. The van der Waals surface area contributed by atoms with Crippen LogP contribution in [-0.2, 0) is 4.79 Å². The third-order valence-corrected chi connectivity index (χ3v) is 1.74. The van der Waals surface area contributed by atoms with Crippen molar-refractivity contribution in [2.45, 2.75) is 13.3 Å². The molecule has 0 aromatic carbocycles. The van der Waals surface area contributed by atoms with Crippen LogP contribution in [0.5, 0.6) is 0 Å². The summed E-state index contributed by atoms with van der Waals surface area (Å²) < 4.78 is 0. The normalized spacial score (nSPS) is 9.58. The number of carboxylic acid groups (broad SMARTS) is 1. The molecule has 0 saturated carbocycles. The molecule has 0 aromatic heterocycles. The monoisotopic (exact) mass is 204 g/mol. The number of hydrogen-bond donors (Lipinski definition) is 3. The van der Waals surface area contributed by atoms with Gasteiger partial charge >= 0.3 is 57.4 Å². The number of aliphatic hydroxyl groups is 2. The standard InChI is InChI=1S/C6H12O4.K.H2O/c1-2-6(3-7,4-8)5(9)10;;/h7-8H,2-4H2,1H3,(H,9,10);;1H2/q;+1;/p-1. The second-order valence-electron chi connectivity index (χ2n) is 2.26. The predicted octanol–water partition coefficient (Wildman–Crippen LogP) is -3.72. The number of aliphatic hydroxyl groups excluding tert-OH is 2. The summed E-state index contributed by atoms with van der Waals surface area (Å²) in [6.45, 7) is 0.575. The molecule has 6 heteroatoms. The van der Waals surface area contributed by atoms with Crippen molar-refractivity contribution in [3.05, 3.63) is 0 Å². The fraction of sp³-hybridized carbons (Fsp3) is 0.833. The van der Waals surface area contributed by atoms with Gasteiger partial charge in [0.05, 0.1) is 13.2 Å². The predicted molar refractivity (Wildman–Crippen MR) is 36.5 cm³/mol. The van der Waals surface area contributed by atoms with Crippen molar-refractivity contribution in [2.75, 3.05) is 13.2 Å². The van der Waals surface area contributed by atoms with E-state index >= 15 is 0 Å². The summed E-state index contributed by atoms with van der Waals surface area (Å²) in [5.74, 6) is -1.15. The maximum Gasteiger partial charge on any atom is 1.00 e. The Labute approximate surface area is 114 Å². The van der Waals surface area contributed by atoms with Crippen molar-refractivity contribution in [1.82, 2.24) is 0 Å². The number of carboxylic acids is 1. The Bertz CT molecular complexity index is 115. The molecule has 4 N–H and O–H groups in total. The van der Waals surface area contributed by atoms with Crippen molar-refractivity contribution >= 4 is 5.97 Å². The molecule has 0 spiro atoms. The SMILES string of the molecule is CCC(CO)(CO)C(=O)O.[K+].[OH-]. The quantitative estimate of drug-likeness (QED) is 0.408. The van der Waals surface area contributed by atoms with Gasteiger partial charge in [0.1, 0.15) is 5.41 Å². The van der Waals surface area contributed by atoms with Gasteiger partial charge in [-0.2, -0.15) is 0 Å². The number of rotatable bonds is 4. The first-order valence-electron chi connectivity index (χ1n) is 3.08. The van der Waals surface area contributed by atoms with Crippen molar-refractivity contribution in [3.8, 4) is 0 Å². The van der Waals surface area contributed by atoms with Gasteiger partial charge in [0.2, 0.25) is 0 Å². The average Bonchev–Trinajstić information content (AvgIpc) is 1.92. The first-order chi connectivity index (χ1) is 4.63. The molecule has 68 valence electrons.